The van der Waals surface area contributed by atoms with E-state index in [2.05, 4.69) is 27.3 Å². The van der Waals surface area contributed by atoms with Crippen LogP contribution in [0.4, 0.5) is 5.69 Å². The number of aryl methyl sites for hydroxylation is 1. The van der Waals surface area contributed by atoms with Crippen LogP contribution >= 0.6 is 15.9 Å². The Morgan fingerprint density at radius 2 is 1.75 bits per heavy atom. The molecule has 100 valence electrons. The van der Waals surface area contributed by atoms with Gasteiger partial charge in [0.25, 0.3) is 0 Å². The summed E-state index contributed by atoms with van der Waals surface area (Å²) >= 11 is 3.35. The van der Waals surface area contributed by atoms with Gasteiger partial charge in [0.1, 0.15) is 0 Å². The fourth-order valence-electron chi connectivity index (χ4n) is 1.76. The highest BCUT2D eigenvalue weighted by molar-refractivity contribution is 9.10. The summed E-state index contributed by atoms with van der Waals surface area (Å²) in [7, 11) is 0. The van der Waals surface area contributed by atoms with E-state index >= 15 is 0 Å². The van der Waals surface area contributed by atoms with Crippen LogP contribution in [0.1, 0.15) is 17.5 Å². The van der Waals surface area contributed by atoms with E-state index in [1.807, 2.05) is 36.4 Å². The molecule has 0 bridgehead atoms. The van der Waals surface area contributed by atoms with Gasteiger partial charge in [0.2, 0.25) is 5.91 Å². The molecule has 0 heterocycles. The number of hydrogen-bond donors (Lipinski definition) is 1. The molecular weight excluding hydrogens is 316 g/mol. The molecule has 0 aliphatic heterocycles. The van der Waals surface area contributed by atoms with Crippen LogP contribution in [-0.2, 0) is 11.2 Å². The molecule has 4 heteroatoms. The summed E-state index contributed by atoms with van der Waals surface area (Å²) < 4.78 is 0.980. The van der Waals surface area contributed by atoms with Gasteiger partial charge in [-0.1, -0.05) is 28.1 Å². The minimum atomic E-state index is -0.0170. The molecule has 0 saturated heterocycles. The molecule has 0 unspecified atom stereocenters. The Bertz CT molecular complexity index is 627. The number of carbonyl (C=O) groups is 1. The third kappa shape index (κ3) is 4.22. The lowest BCUT2D eigenvalue weighted by atomic mass is 10.1. The van der Waals surface area contributed by atoms with Crippen LogP contribution in [0.25, 0.3) is 0 Å². The largest absolute Gasteiger partial charge is 0.326 e. The lowest BCUT2D eigenvalue weighted by Crippen LogP contribution is -2.12. The Balaban J connectivity index is 1.85. The first-order chi connectivity index (χ1) is 9.67. The average Bonchev–Trinajstić information content (AvgIpc) is 2.48. The maximum atomic E-state index is 11.8. The second kappa shape index (κ2) is 6.88. The van der Waals surface area contributed by atoms with Gasteiger partial charge in [-0.15, -0.1) is 0 Å². The number of nitrogens with zero attached hydrogens (tertiary/aromatic N) is 1. The van der Waals surface area contributed by atoms with Gasteiger partial charge in [0.15, 0.2) is 0 Å². The molecule has 0 radical (unpaired) electrons. The maximum absolute atomic E-state index is 11.8. The minimum absolute atomic E-state index is 0.0170. The lowest BCUT2D eigenvalue weighted by molar-refractivity contribution is -0.116. The van der Waals surface area contributed by atoms with Gasteiger partial charge in [0, 0.05) is 16.6 Å². The predicted octanol–water partition coefficient (Wildman–Crippen LogP) is 3.89. The molecule has 0 atom stereocenters. The van der Waals surface area contributed by atoms with Crippen molar-refractivity contribution in [2.45, 2.75) is 12.8 Å². The van der Waals surface area contributed by atoms with Crippen molar-refractivity contribution in [2.75, 3.05) is 5.32 Å². The third-order valence-electron chi connectivity index (χ3n) is 2.85. The topological polar surface area (TPSA) is 52.9 Å². The van der Waals surface area contributed by atoms with E-state index in [1.54, 1.807) is 12.1 Å². The van der Waals surface area contributed by atoms with Gasteiger partial charge in [-0.25, -0.2) is 0 Å². The van der Waals surface area contributed by atoms with Crippen molar-refractivity contribution in [3.8, 4) is 6.07 Å². The van der Waals surface area contributed by atoms with Gasteiger partial charge in [-0.05, 0) is 48.4 Å². The first kappa shape index (κ1) is 14.3. The molecule has 2 rings (SSSR count). The second-order valence-electron chi connectivity index (χ2n) is 4.36. The van der Waals surface area contributed by atoms with E-state index in [0.717, 1.165) is 15.7 Å². The molecule has 0 spiro atoms. The summed E-state index contributed by atoms with van der Waals surface area (Å²) in [5.41, 5.74) is 2.47. The normalized spacial score (nSPS) is 9.80. The molecule has 2 aromatic carbocycles. The zero-order chi connectivity index (χ0) is 14.4. The highest BCUT2D eigenvalue weighted by Crippen LogP contribution is 2.14. The molecule has 0 fully saturated rings. The van der Waals surface area contributed by atoms with E-state index in [9.17, 15) is 4.79 Å². The number of anilines is 1. The predicted molar refractivity (Wildman–Crippen MR) is 82.2 cm³/mol. The highest BCUT2D eigenvalue weighted by Gasteiger charge is 2.03. The highest BCUT2D eigenvalue weighted by atomic mass is 79.9. The van der Waals surface area contributed by atoms with Crippen molar-refractivity contribution in [3.05, 3.63) is 64.1 Å². The number of rotatable bonds is 4. The molecule has 1 N–H and O–H groups in total. The molecule has 0 aliphatic rings. The third-order valence-corrected chi connectivity index (χ3v) is 3.38. The van der Waals surface area contributed by atoms with Crippen molar-refractivity contribution in [3.63, 3.8) is 0 Å². The molecular formula is C16H13BrN2O. The molecule has 3 nitrogen and oxygen atoms in total. The van der Waals surface area contributed by atoms with Crippen LogP contribution in [0.2, 0.25) is 0 Å². The Morgan fingerprint density at radius 1 is 1.10 bits per heavy atom. The Morgan fingerprint density at radius 3 is 2.35 bits per heavy atom. The van der Waals surface area contributed by atoms with Crippen molar-refractivity contribution < 1.29 is 4.79 Å². The van der Waals surface area contributed by atoms with Crippen molar-refractivity contribution in [1.29, 1.82) is 5.26 Å². The standard InChI is InChI=1S/C16H13BrN2O/c17-14-6-8-15(9-7-14)19-16(20)10-5-12-1-3-13(11-18)4-2-12/h1-4,6-9H,5,10H2,(H,19,20). The summed E-state index contributed by atoms with van der Waals surface area (Å²) in [4.78, 5) is 11.8. The second-order valence-corrected chi connectivity index (χ2v) is 5.28. The molecule has 0 saturated carbocycles. The summed E-state index contributed by atoms with van der Waals surface area (Å²) in [6.07, 6.45) is 1.08. The Labute approximate surface area is 126 Å². The molecule has 0 aliphatic carbocycles. The first-order valence-electron chi connectivity index (χ1n) is 6.22. The fourth-order valence-corrected chi connectivity index (χ4v) is 2.02. The van der Waals surface area contributed by atoms with Gasteiger partial charge < -0.3 is 5.32 Å². The number of carbonyl (C=O) groups excluding carboxylic acids is 1. The molecule has 0 aromatic heterocycles. The van der Waals surface area contributed by atoms with E-state index in [4.69, 9.17) is 5.26 Å². The number of nitrogens with one attached hydrogen (secondary N) is 1. The van der Waals surface area contributed by atoms with Gasteiger partial charge in [-0.3, -0.25) is 4.79 Å². The number of halogens is 1. The van der Waals surface area contributed by atoms with Crippen molar-refractivity contribution >= 4 is 27.5 Å². The zero-order valence-corrected chi connectivity index (χ0v) is 12.4. The smallest absolute Gasteiger partial charge is 0.224 e. The lowest BCUT2D eigenvalue weighted by Gasteiger charge is -2.05. The van der Waals surface area contributed by atoms with Crippen LogP contribution in [0.3, 0.4) is 0 Å². The van der Waals surface area contributed by atoms with Gasteiger partial charge >= 0.3 is 0 Å². The van der Waals surface area contributed by atoms with Crippen LogP contribution in [-0.4, -0.2) is 5.91 Å². The quantitative estimate of drug-likeness (QED) is 0.925. The number of hydrogen-bond acceptors (Lipinski definition) is 2. The zero-order valence-electron chi connectivity index (χ0n) is 10.8. The summed E-state index contributed by atoms with van der Waals surface area (Å²) in [5.74, 6) is -0.0170. The summed E-state index contributed by atoms with van der Waals surface area (Å²) in [6.45, 7) is 0. The average molecular weight is 329 g/mol. The van der Waals surface area contributed by atoms with E-state index in [1.165, 1.54) is 0 Å². The summed E-state index contributed by atoms with van der Waals surface area (Å²) in [5, 5.41) is 11.6. The van der Waals surface area contributed by atoms with Crippen LogP contribution in [0.15, 0.2) is 53.0 Å². The number of benzene rings is 2. The minimum Gasteiger partial charge on any atom is -0.326 e. The maximum Gasteiger partial charge on any atom is 0.224 e. The van der Waals surface area contributed by atoms with E-state index < -0.39 is 0 Å². The van der Waals surface area contributed by atoms with Crippen molar-refractivity contribution in [1.82, 2.24) is 0 Å². The Hall–Kier alpha value is -2.12. The van der Waals surface area contributed by atoms with Gasteiger partial charge in [-0.2, -0.15) is 5.26 Å². The molecule has 1 amide bonds. The van der Waals surface area contributed by atoms with Crippen LogP contribution in [0.5, 0.6) is 0 Å². The SMILES string of the molecule is N#Cc1ccc(CCC(=O)Nc2ccc(Br)cc2)cc1. The fraction of sp³-hybridized carbons (Fsp3) is 0.125. The van der Waals surface area contributed by atoms with E-state index in [0.29, 0.717) is 18.4 Å². The number of nitriles is 1. The Kier molecular flexibility index (Phi) is 4.91. The number of amides is 1. The van der Waals surface area contributed by atoms with E-state index in [-0.39, 0.29) is 5.91 Å². The monoisotopic (exact) mass is 328 g/mol. The van der Waals surface area contributed by atoms with Crippen LogP contribution < -0.4 is 5.32 Å². The molecule has 20 heavy (non-hydrogen) atoms. The van der Waals surface area contributed by atoms with Crippen LogP contribution in [0, 0.1) is 11.3 Å². The summed E-state index contributed by atoms with van der Waals surface area (Å²) in [6, 6.07) is 16.8. The van der Waals surface area contributed by atoms with Gasteiger partial charge in [0.05, 0.1) is 11.6 Å². The molecule has 2 aromatic rings. The van der Waals surface area contributed by atoms with Crippen molar-refractivity contribution in [2.24, 2.45) is 0 Å². The first-order valence-corrected chi connectivity index (χ1v) is 7.01.